The van der Waals surface area contributed by atoms with Gasteiger partial charge in [0.15, 0.2) is 11.2 Å². The second kappa shape index (κ2) is 6.98. The summed E-state index contributed by atoms with van der Waals surface area (Å²) in [4.78, 5) is 36.1. The maximum Gasteiger partial charge on any atom is 0.255 e. The summed E-state index contributed by atoms with van der Waals surface area (Å²) in [5.41, 5.74) is 1.98. The number of nitrogens with one attached hydrogen (secondary N) is 1. The van der Waals surface area contributed by atoms with Gasteiger partial charge in [0.25, 0.3) is 11.8 Å². The van der Waals surface area contributed by atoms with Crippen LogP contribution in [0.15, 0.2) is 30.0 Å². The van der Waals surface area contributed by atoms with Crippen LogP contribution in [-0.2, 0) is 24.3 Å². The lowest BCUT2D eigenvalue weighted by atomic mass is 10.1. The molecule has 0 saturated carbocycles. The van der Waals surface area contributed by atoms with Crippen molar-refractivity contribution in [3.63, 3.8) is 0 Å². The normalized spacial score (nSPS) is 18.4. The summed E-state index contributed by atoms with van der Waals surface area (Å²) in [7, 11) is 0. The molecule has 4 heterocycles. The molecule has 30 heavy (non-hydrogen) atoms. The highest BCUT2D eigenvalue weighted by molar-refractivity contribution is 7.13. The molecular formula is C20H17F2N5O2S. The number of imidazole rings is 1. The molecule has 0 radical (unpaired) electrons. The largest absolute Gasteiger partial charge is 0.331 e. The Labute approximate surface area is 174 Å². The second-order valence-electron chi connectivity index (χ2n) is 7.47. The van der Waals surface area contributed by atoms with Gasteiger partial charge in [0.2, 0.25) is 0 Å². The Kier molecular flexibility index (Phi) is 4.39. The van der Waals surface area contributed by atoms with E-state index in [1.54, 1.807) is 29.1 Å². The van der Waals surface area contributed by atoms with Gasteiger partial charge in [-0.1, -0.05) is 0 Å². The minimum atomic E-state index is -1.13. The molecule has 10 heteroatoms. The van der Waals surface area contributed by atoms with E-state index < -0.39 is 29.8 Å². The van der Waals surface area contributed by atoms with Gasteiger partial charge in [-0.3, -0.25) is 14.9 Å². The highest BCUT2D eigenvalue weighted by atomic mass is 32.1. The number of nitrogens with zero attached hydrogens (tertiary/aromatic N) is 4. The van der Waals surface area contributed by atoms with Crippen molar-refractivity contribution in [1.29, 1.82) is 0 Å². The highest BCUT2D eigenvalue weighted by Crippen LogP contribution is 2.36. The Morgan fingerprint density at radius 3 is 2.97 bits per heavy atom. The molecule has 5 rings (SSSR count). The van der Waals surface area contributed by atoms with Crippen LogP contribution in [0, 0.1) is 12.7 Å². The van der Waals surface area contributed by atoms with Crippen LogP contribution >= 0.6 is 11.3 Å². The van der Waals surface area contributed by atoms with Crippen molar-refractivity contribution in [2.24, 2.45) is 0 Å². The van der Waals surface area contributed by atoms with Crippen LogP contribution in [0.2, 0.25) is 0 Å². The van der Waals surface area contributed by atoms with E-state index in [2.05, 4.69) is 15.3 Å². The van der Waals surface area contributed by atoms with E-state index in [-0.39, 0.29) is 30.6 Å². The van der Waals surface area contributed by atoms with Gasteiger partial charge in [0, 0.05) is 34.8 Å². The third kappa shape index (κ3) is 2.98. The molecule has 0 fully saturated rings. The average molecular weight is 429 g/mol. The fourth-order valence-electron chi connectivity index (χ4n) is 4.12. The van der Waals surface area contributed by atoms with Gasteiger partial charge in [-0.2, -0.15) is 0 Å². The smallest absolute Gasteiger partial charge is 0.255 e. The first kappa shape index (κ1) is 18.9. The van der Waals surface area contributed by atoms with Crippen molar-refractivity contribution in [2.75, 3.05) is 5.32 Å². The lowest BCUT2D eigenvalue weighted by molar-refractivity contribution is -0.121. The Hall–Kier alpha value is -3.14. The number of carbonyl (C=O) groups excluding carboxylic acids is 2. The molecule has 0 aliphatic carbocycles. The number of thiazole rings is 1. The lowest BCUT2D eigenvalue weighted by Crippen LogP contribution is -2.38. The molecule has 2 amide bonds. The summed E-state index contributed by atoms with van der Waals surface area (Å²) in [6.07, 6.45) is 2.06. The van der Waals surface area contributed by atoms with Crippen LogP contribution in [0.5, 0.6) is 0 Å². The van der Waals surface area contributed by atoms with Crippen LogP contribution in [-0.4, -0.2) is 37.4 Å². The van der Waals surface area contributed by atoms with E-state index >= 15 is 0 Å². The molecule has 1 N–H and O–H groups in total. The summed E-state index contributed by atoms with van der Waals surface area (Å²) in [5, 5.41) is 4.78. The van der Waals surface area contributed by atoms with Gasteiger partial charge in [-0.25, -0.2) is 18.7 Å². The molecule has 1 aromatic carbocycles. The molecule has 0 spiro atoms. The van der Waals surface area contributed by atoms with Gasteiger partial charge >= 0.3 is 0 Å². The second-order valence-corrected chi connectivity index (χ2v) is 8.36. The minimum absolute atomic E-state index is 0.0679. The lowest BCUT2D eigenvalue weighted by Gasteiger charge is -2.26. The quantitative estimate of drug-likeness (QED) is 0.692. The molecule has 0 saturated heterocycles. The first-order valence-electron chi connectivity index (χ1n) is 9.40. The summed E-state index contributed by atoms with van der Waals surface area (Å²) in [6, 6.07) is 1.85. The number of amides is 2. The van der Waals surface area contributed by atoms with Gasteiger partial charge in [0.1, 0.15) is 12.0 Å². The van der Waals surface area contributed by atoms with Gasteiger partial charge in [-0.15, -0.1) is 11.3 Å². The molecule has 2 aliphatic rings. The predicted octanol–water partition coefficient (Wildman–Crippen LogP) is 3.02. The number of aryl methyl sites for hydroxylation is 1. The number of hydrogen-bond acceptors (Lipinski definition) is 5. The molecule has 2 atom stereocenters. The Balaban J connectivity index is 1.56. The Morgan fingerprint density at radius 2 is 2.20 bits per heavy atom. The standard InChI is InChI=1S/C20H17F2N5O2S/c1-10-4-12-13(14(22)5-10)8-27(19(12)29)17(18(28)25-20-23-2-3-30-20)16-15-6-11(21)7-26(15)9-24-16/h2-5,9,11,17H,6-8H2,1H3,(H,23,25,28). The summed E-state index contributed by atoms with van der Waals surface area (Å²) in [6.45, 7) is 1.79. The molecule has 2 aliphatic heterocycles. The average Bonchev–Trinajstić information content (AvgIpc) is 3.44. The van der Waals surface area contributed by atoms with E-state index in [1.807, 2.05) is 0 Å². The van der Waals surface area contributed by atoms with E-state index in [1.165, 1.54) is 28.6 Å². The topological polar surface area (TPSA) is 80.1 Å². The molecule has 7 nitrogen and oxygen atoms in total. The third-order valence-corrected chi connectivity index (χ3v) is 6.12. The van der Waals surface area contributed by atoms with Gasteiger partial charge in [-0.05, 0) is 24.6 Å². The first-order valence-corrected chi connectivity index (χ1v) is 10.3. The number of halogens is 2. The number of carbonyl (C=O) groups is 2. The van der Waals surface area contributed by atoms with E-state index in [0.717, 1.165) is 0 Å². The van der Waals surface area contributed by atoms with Crippen molar-refractivity contribution in [1.82, 2.24) is 19.4 Å². The van der Waals surface area contributed by atoms with Crippen LogP contribution in [0.1, 0.15) is 38.9 Å². The zero-order chi connectivity index (χ0) is 21.0. The van der Waals surface area contributed by atoms with Crippen LogP contribution in [0.25, 0.3) is 0 Å². The number of benzene rings is 1. The van der Waals surface area contributed by atoms with Crippen LogP contribution in [0.3, 0.4) is 0 Å². The van der Waals surface area contributed by atoms with Crippen LogP contribution < -0.4 is 5.32 Å². The van der Waals surface area contributed by atoms with Gasteiger partial charge < -0.3 is 9.47 Å². The Morgan fingerprint density at radius 1 is 1.37 bits per heavy atom. The maximum atomic E-state index is 14.5. The summed E-state index contributed by atoms with van der Waals surface area (Å²) in [5.74, 6) is -1.46. The van der Waals surface area contributed by atoms with Crippen molar-refractivity contribution >= 4 is 28.3 Å². The van der Waals surface area contributed by atoms with E-state index in [0.29, 0.717) is 22.1 Å². The SMILES string of the molecule is Cc1cc(F)c2c(c1)C(=O)N(C(C(=O)Nc1nccs1)c1ncn3c1CC(F)C3)C2. The number of aromatic nitrogens is 3. The Bertz CT molecular complexity index is 1160. The zero-order valence-corrected chi connectivity index (χ0v) is 16.7. The molecule has 2 unspecified atom stereocenters. The molecule has 0 bridgehead atoms. The van der Waals surface area contributed by atoms with Crippen molar-refractivity contribution in [2.45, 2.75) is 38.6 Å². The molecular weight excluding hydrogens is 412 g/mol. The maximum absolute atomic E-state index is 14.5. The zero-order valence-electron chi connectivity index (χ0n) is 15.9. The van der Waals surface area contributed by atoms with Crippen LogP contribution in [0.4, 0.5) is 13.9 Å². The monoisotopic (exact) mass is 429 g/mol. The van der Waals surface area contributed by atoms with Crippen molar-refractivity contribution in [3.8, 4) is 0 Å². The number of rotatable bonds is 4. The number of hydrogen-bond donors (Lipinski definition) is 1. The van der Waals surface area contributed by atoms with E-state index in [4.69, 9.17) is 0 Å². The number of alkyl halides is 1. The van der Waals surface area contributed by atoms with Crippen molar-refractivity contribution in [3.05, 3.63) is 63.9 Å². The predicted molar refractivity (Wildman–Crippen MR) is 105 cm³/mol. The number of fused-ring (bicyclic) bond motifs is 2. The third-order valence-electron chi connectivity index (χ3n) is 5.43. The first-order chi connectivity index (χ1) is 14.4. The van der Waals surface area contributed by atoms with Gasteiger partial charge in [0.05, 0.1) is 25.1 Å². The van der Waals surface area contributed by atoms with E-state index in [9.17, 15) is 18.4 Å². The number of anilines is 1. The summed E-state index contributed by atoms with van der Waals surface area (Å²) < 4.78 is 30.2. The molecule has 154 valence electrons. The fraction of sp³-hybridized carbons (Fsp3) is 0.300. The fourth-order valence-corrected chi connectivity index (χ4v) is 4.65. The molecule has 2 aromatic heterocycles. The highest BCUT2D eigenvalue weighted by Gasteiger charge is 2.42. The van der Waals surface area contributed by atoms with Crippen molar-refractivity contribution < 1.29 is 18.4 Å². The molecule has 3 aromatic rings. The minimum Gasteiger partial charge on any atom is -0.331 e. The summed E-state index contributed by atoms with van der Waals surface area (Å²) >= 11 is 1.23.